The highest BCUT2D eigenvalue weighted by Crippen LogP contribution is 2.37. The smallest absolute Gasteiger partial charge is 0.135 e. The van der Waals surface area contributed by atoms with Crippen molar-refractivity contribution in [2.75, 3.05) is 12.4 Å². The SMILES string of the molecule is COc1cc(NC2CCCC(C)(C)C2)ccc1Br. The van der Waals surface area contributed by atoms with E-state index < -0.39 is 0 Å². The van der Waals surface area contributed by atoms with E-state index in [1.54, 1.807) is 7.11 Å². The van der Waals surface area contributed by atoms with Gasteiger partial charge in [-0.1, -0.05) is 20.3 Å². The molecule has 0 spiro atoms. The molecule has 18 heavy (non-hydrogen) atoms. The third-order valence-electron chi connectivity index (χ3n) is 3.73. The maximum Gasteiger partial charge on any atom is 0.135 e. The van der Waals surface area contributed by atoms with Gasteiger partial charge in [0.25, 0.3) is 0 Å². The molecule has 1 aliphatic carbocycles. The summed E-state index contributed by atoms with van der Waals surface area (Å²) in [4.78, 5) is 0. The van der Waals surface area contributed by atoms with Crippen LogP contribution in [0, 0.1) is 5.41 Å². The minimum absolute atomic E-state index is 0.468. The Labute approximate surface area is 118 Å². The molecule has 1 atom stereocenters. The number of ether oxygens (including phenoxy) is 1. The highest BCUT2D eigenvalue weighted by molar-refractivity contribution is 9.10. The molecule has 0 aliphatic heterocycles. The normalized spacial score (nSPS) is 22.6. The number of hydrogen-bond acceptors (Lipinski definition) is 2. The number of halogens is 1. The first-order valence-electron chi connectivity index (χ1n) is 6.60. The van der Waals surface area contributed by atoms with Crippen molar-refractivity contribution in [3.63, 3.8) is 0 Å². The first kappa shape index (κ1) is 13.7. The minimum atomic E-state index is 0.468. The van der Waals surface area contributed by atoms with Gasteiger partial charge in [0.1, 0.15) is 5.75 Å². The van der Waals surface area contributed by atoms with Crippen molar-refractivity contribution in [2.45, 2.75) is 45.6 Å². The Morgan fingerprint density at radius 3 is 2.83 bits per heavy atom. The van der Waals surface area contributed by atoms with Gasteiger partial charge in [-0.3, -0.25) is 0 Å². The van der Waals surface area contributed by atoms with Gasteiger partial charge in [-0.25, -0.2) is 0 Å². The van der Waals surface area contributed by atoms with Gasteiger partial charge in [-0.05, 0) is 52.7 Å². The van der Waals surface area contributed by atoms with E-state index in [1.165, 1.54) is 25.7 Å². The molecule has 2 rings (SSSR count). The summed E-state index contributed by atoms with van der Waals surface area (Å²) >= 11 is 3.48. The summed E-state index contributed by atoms with van der Waals surface area (Å²) < 4.78 is 6.33. The van der Waals surface area contributed by atoms with Crippen LogP contribution in [0.15, 0.2) is 22.7 Å². The van der Waals surface area contributed by atoms with Crippen LogP contribution in [0.4, 0.5) is 5.69 Å². The molecule has 1 saturated carbocycles. The molecule has 0 bridgehead atoms. The van der Waals surface area contributed by atoms with E-state index >= 15 is 0 Å². The van der Waals surface area contributed by atoms with Gasteiger partial charge in [-0.15, -0.1) is 0 Å². The van der Waals surface area contributed by atoms with Crippen LogP contribution in [0.5, 0.6) is 5.75 Å². The minimum Gasteiger partial charge on any atom is -0.495 e. The highest BCUT2D eigenvalue weighted by Gasteiger charge is 2.27. The van der Waals surface area contributed by atoms with E-state index in [-0.39, 0.29) is 0 Å². The molecule has 2 nitrogen and oxygen atoms in total. The molecule has 1 aromatic carbocycles. The Hall–Kier alpha value is -0.700. The molecule has 1 unspecified atom stereocenters. The zero-order chi connectivity index (χ0) is 13.2. The summed E-state index contributed by atoms with van der Waals surface area (Å²) in [5.74, 6) is 0.884. The molecule has 0 radical (unpaired) electrons. The van der Waals surface area contributed by atoms with Gasteiger partial charge in [0.2, 0.25) is 0 Å². The molecule has 0 aromatic heterocycles. The number of anilines is 1. The summed E-state index contributed by atoms with van der Waals surface area (Å²) in [6, 6.07) is 6.79. The lowest BCUT2D eigenvalue weighted by Crippen LogP contribution is -2.31. The third-order valence-corrected chi connectivity index (χ3v) is 4.38. The van der Waals surface area contributed by atoms with Gasteiger partial charge in [0.15, 0.2) is 0 Å². The first-order chi connectivity index (χ1) is 8.50. The Morgan fingerprint density at radius 2 is 2.17 bits per heavy atom. The van der Waals surface area contributed by atoms with Crippen molar-refractivity contribution >= 4 is 21.6 Å². The van der Waals surface area contributed by atoms with Crippen LogP contribution in [0.1, 0.15) is 39.5 Å². The number of methoxy groups -OCH3 is 1. The molecule has 1 aliphatic rings. The number of benzene rings is 1. The molecule has 0 saturated heterocycles. The summed E-state index contributed by atoms with van der Waals surface area (Å²) in [7, 11) is 1.70. The van der Waals surface area contributed by atoms with E-state index in [1.807, 2.05) is 6.07 Å². The Morgan fingerprint density at radius 1 is 1.39 bits per heavy atom. The fraction of sp³-hybridized carbons (Fsp3) is 0.600. The van der Waals surface area contributed by atoms with E-state index in [0.29, 0.717) is 11.5 Å². The second-order valence-corrected chi connectivity index (χ2v) is 6.81. The molecule has 1 N–H and O–H groups in total. The fourth-order valence-electron chi connectivity index (χ4n) is 2.81. The van der Waals surface area contributed by atoms with Crippen molar-refractivity contribution in [3.05, 3.63) is 22.7 Å². The number of rotatable bonds is 3. The standard InChI is InChI=1S/C15H22BrNO/c1-15(2)8-4-5-12(10-15)17-11-6-7-13(16)14(9-11)18-3/h6-7,9,12,17H,4-5,8,10H2,1-3H3. The zero-order valence-electron chi connectivity index (χ0n) is 11.4. The largest absolute Gasteiger partial charge is 0.495 e. The van der Waals surface area contributed by atoms with Crippen molar-refractivity contribution in [1.82, 2.24) is 0 Å². The molecule has 1 fully saturated rings. The summed E-state index contributed by atoms with van der Waals surface area (Å²) in [6.07, 6.45) is 5.17. The summed E-state index contributed by atoms with van der Waals surface area (Å²) in [5.41, 5.74) is 1.62. The zero-order valence-corrected chi connectivity index (χ0v) is 13.0. The highest BCUT2D eigenvalue weighted by atomic mass is 79.9. The van der Waals surface area contributed by atoms with E-state index in [4.69, 9.17) is 4.74 Å². The van der Waals surface area contributed by atoms with Crippen molar-refractivity contribution in [1.29, 1.82) is 0 Å². The van der Waals surface area contributed by atoms with Crippen LogP contribution in [0.2, 0.25) is 0 Å². The average Bonchev–Trinajstić information content (AvgIpc) is 2.30. The van der Waals surface area contributed by atoms with Crippen LogP contribution in [0.3, 0.4) is 0 Å². The van der Waals surface area contributed by atoms with Gasteiger partial charge in [0, 0.05) is 17.8 Å². The van der Waals surface area contributed by atoms with Crippen LogP contribution in [0.25, 0.3) is 0 Å². The average molecular weight is 312 g/mol. The van der Waals surface area contributed by atoms with Crippen LogP contribution < -0.4 is 10.1 Å². The molecular formula is C15H22BrNO. The van der Waals surface area contributed by atoms with Crippen molar-refractivity contribution < 1.29 is 4.74 Å². The van der Waals surface area contributed by atoms with Crippen molar-refractivity contribution in [3.8, 4) is 5.75 Å². The number of hydrogen-bond donors (Lipinski definition) is 1. The quantitative estimate of drug-likeness (QED) is 0.862. The number of nitrogens with one attached hydrogen (secondary N) is 1. The van der Waals surface area contributed by atoms with Crippen LogP contribution in [-0.2, 0) is 0 Å². The summed E-state index contributed by atoms with van der Waals surface area (Å²) in [6.45, 7) is 4.73. The topological polar surface area (TPSA) is 21.3 Å². The predicted molar refractivity (Wildman–Crippen MR) is 80.4 cm³/mol. The molecule has 0 heterocycles. The lowest BCUT2D eigenvalue weighted by Gasteiger charge is -2.36. The van der Waals surface area contributed by atoms with Gasteiger partial charge >= 0.3 is 0 Å². The first-order valence-corrected chi connectivity index (χ1v) is 7.39. The second kappa shape index (κ2) is 5.52. The third kappa shape index (κ3) is 3.41. The maximum absolute atomic E-state index is 5.33. The van der Waals surface area contributed by atoms with E-state index in [0.717, 1.165) is 15.9 Å². The molecule has 0 amide bonds. The van der Waals surface area contributed by atoms with Crippen molar-refractivity contribution in [2.24, 2.45) is 5.41 Å². The Kier molecular flexibility index (Phi) is 4.21. The Balaban J connectivity index is 2.05. The lowest BCUT2D eigenvalue weighted by atomic mass is 9.75. The monoisotopic (exact) mass is 311 g/mol. The molecule has 100 valence electrons. The van der Waals surface area contributed by atoms with Crippen LogP contribution in [-0.4, -0.2) is 13.2 Å². The van der Waals surface area contributed by atoms with Gasteiger partial charge < -0.3 is 10.1 Å². The molecule has 3 heteroatoms. The van der Waals surface area contributed by atoms with E-state index in [2.05, 4.69) is 47.2 Å². The second-order valence-electron chi connectivity index (χ2n) is 5.95. The predicted octanol–water partition coefficient (Wildman–Crippen LogP) is 4.84. The molecular weight excluding hydrogens is 290 g/mol. The maximum atomic E-state index is 5.33. The van der Waals surface area contributed by atoms with E-state index in [9.17, 15) is 0 Å². The lowest BCUT2D eigenvalue weighted by molar-refractivity contribution is 0.229. The fourth-order valence-corrected chi connectivity index (χ4v) is 3.22. The molecule has 1 aromatic rings. The van der Waals surface area contributed by atoms with Gasteiger partial charge in [-0.2, -0.15) is 0 Å². The Bertz CT molecular complexity index is 417. The van der Waals surface area contributed by atoms with Crippen LogP contribution >= 0.6 is 15.9 Å². The summed E-state index contributed by atoms with van der Waals surface area (Å²) in [5, 5.41) is 3.64. The van der Waals surface area contributed by atoms with Gasteiger partial charge in [0.05, 0.1) is 11.6 Å².